The zero-order valence-corrected chi connectivity index (χ0v) is 12.3. The molecule has 0 N–H and O–H groups in total. The van der Waals surface area contributed by atoms with E-state index in [-0.39, 0.29) is 0 Å². The SMILES string of the molecule is CCN1CCC2(CCCN(Cc3ccc(C)o3)C2)C1. The molecular weight excluding hydrogens is 236 g/mol. The van der Waals surface area contributed by atoms with E-state index >= 15 is 0 Å². The minimum Gasteiger partial charge on any atom is -0.465 e. The van der Waals surface area contributed by atoms with Crippen LogP contribution in [0.2, 0.25) is 0 Å². The average molecular weight is 262 g/mol. The molecule has 2 aliphatic heterocycles. The molecule has 0 saturated carbocycles. The fourth-order valence-corrected chi connectivity index (χ4v) is 3.87. The Kier molecular flexibility index (Phi) is 3.68. The van der Waals surface area contributed by atoms with Gasteiger partial charge >= 0.3 is 0 Å². The number of hydrogen-bond acceptors (Lipinski definition) is 3. The maximum atomic E-state index is 5.73. The largest absolute Gasteiger partial charge is 0.465 e. The van der Waals surface area contributed by atoms with E-state index < -0.39 is 0 Å². The fraction of sp³-hybridized carbons (Fsp3) is 0.750. The topological polar surface area (TPSA) is 19.6 Å². The monoisotopic (exact) mass is 262 g/mol. The molecule has 2 saturated heterocycles. The zero-order valence-electron chi connectivity index (χ0n) is 12.3. The van der Waals surface area contributed by atoms with Crippen molar-refractivity contribution in [3.63, 3.8) is 0 Å². The van der Waals surface area contributed by atoms with Gasteiger partial charge in [-0.05, 0) is 63.4 Å². The van der Waals surface area contributed by atoms with Crippen LogP contribution < -0.4 is 0 Å². The summed E-state index contributed by atoms with van der Waals surface area (Å²) in [6.45, 7) is 11.6. The minimum absolute atomic E-state index is 0.565. The first-order valence-corrected chi connectivity index (χ1v) is 7.69. The molecule has 0 radical (unpaired) electrons. The van der Waals surface area contributed by atoms with E-state index in [0.29, 0.717) is 5.41 Å². The summed E-state index contributed by atoms with van der Waals surface area (Å²) in [7, 11) is 0. The second kappa shape index (κ2) is 5.29. The number of likely N-dealkylation sites (tertiary alicyclic amines) is 2. The van der Waals surface area contributed by atoms with Gasteiger partial charge in [0.15, 0.2) is 0 Å². The van der Waals surface area contributed by atoms with Crippen molar-refractivity contribution in [3.8, 4) is 0 Å². The lowest BCUT2D eigenvalue weighted by Gasteiger charge is -2.40. The number of furan rings is 1. The van der Waals surface area contributed by atoms with Gasteiger partial charge in [-0.25, -0.2) is 0 Å². The molecule has 3 heteroatoms. The van der Waals surface area contributed by atoms with Crippen LogP contribution in [-0.2, 0) is 6.54 Å². The molecule has 19 heavy (non-hydrogen) atoms. The Hall–Kier alpha value is -0.800. The summed E-state index contributed by atoms with van der Waals surface area (Å²) in [4.78, 5) is 5.21. The lowest BCUT2D eigenvalue weighted by atomic mass is 9.79. The van der Waals surface area contributed by atoms with Crippen molar-refractivity contribution < 1.29 is 4.42 Å². The standard InChI is InChI=1S/C16H26N2O/c1-3-17-10-8-16(12-17)7-4-9-18(13-16)11-15-6-5-14(2)19-15/h5-6H,3-4,7-13H2,1-2H3. The zero-order chi connectivity index (χ0) is 13.3. The first kappa shape index (κ1) is 13.2. The van der Waals surface area contributed by atoms with Crippen molar-refractivity contribution in [3.05, 3.63) is 23.7 Å². The summed E-state index contributed by atoms with van der Waals surface area (Å²) in [6.07, 6.45) is 4.14. The van der Waals surface area contributed by atoms with E-state index in [1.165, 1.54) is 52.0 Å². The Morgan fingerprint density at radius 1 is 1.16 bits per heavy atom. The van der Waals surface area contributed by atoms with Gasteiger partial charge in [-0.3, -0.25) is 4.90 Å². The van der Waals surface area contributed by atoms with Crippen molar-refractivity contribution in [1.82, 2.24) is 9.80 Å². The number of piperidine rings is 1. The van der Waals surface area contributed by atoms with E-state index in [4.69, 9.17) is 4.42 Å². The van der Waals surface area contributed by atoms with Crippen LogP contribution in [0.5, 0.6) is 0 Å². The predicted molar refractivity (Wildman–Crippen MR) is 77.1 cm³/mol. The Morgan fingerprint density at radius 2 is 2.00 bits per heavy atom. The number of rotatable bonds is 3. The fourth-order valence-electron chi connectivity index (χ4n) is 3.87. The van der Waals surface area contributed by atoms with Crippen molar-refractivity contribution >= 4 is 0 Å². The van der Waals surface area contributed by atoms with Gasteiger partial charge in [0, 0.05) is 13.1 Å². The molecule has 3 rings (SSSR count). The lowest BCUT2D eigenvalue weighted by Crippen LogP contribution is -2.44. The Bertz CT molecular complexity index is 428. The molecule has 2 aliphatic rings. The van der Waals surface area contributed by atoms with Gasteiger partial charge in [-0.15, -0.1) is 0 Å². The maximum Gasteiger partial charge on any atom is 0.118 e. The minimum atomic E-state index is 0.565. The van der Waals surface area contributed by atoms with Crippen LogP contribution in [-0.4, -0.2) is 42.5 Å². The van der Waals surface area contributed by atoms with Crippen LogP contribution >= 0.6 is 0 Å². The van der Waals surface area contributed by atoms with Crippen LogP contribution in [0.25, 0.3) is 0 Å². The molecule has 106 valence electrons. The summed E-state index contributed by atoms with van der Waals surface area (Å²) in [6, 6.07) is 4.20. The maximum absolute atomic E-state index is 5.73. The Balaban J connectivity index is 1.62. The van der Waals surface area contributed by atoms with Crippen LogP contribution in [0.4, 0.5) is 0 Å². The van der Waals surface area contributed by atoms with E-state index in [1.54, 1.807) is 0 Å². The summed E-state index contributed by atoms with van der Waals surface area (Å²) in [5, 5.41) is 0. The van der Waals surface area contributed by atoms with E-state index in [2.05, 4.69) is 28.9 Å². The molecule has 2 fully saturated rings. The van der Waals surface area contributed by atoms with Gasteiger partial charge in [0.2, 0.25) is 0 Å². The molecule has 1 aromatic heterocycles. The molecule has 1 aromatic rings. The Morgan fingerprint density at radius 3 is 2.68 bits per heavy atom. The van der Waals surface area contributed by atoms with Crippen molar-refractivity contribution in [1.29, 1.82) is 0 Å². The van der Waals surface area contributed by atoms with E-state index in [1.807, 2.05) is 6.92 Å². The van der Waals surface area contributed by atoms with Crippen LogP contribution in [0.3, 0.4) is 0 Å². The van der Waals surface area contributed by atoms with Gasteiger partial charge in [-0.1, -0.05) is 6.92 Å². The van der Waals surface area contributed by atoms with Crippen molar-refractivity contribution in [2.75, 3.05) is 32.7 Å². The highest BCUT2D eigenvalue weighted by Crippen LogP contribution is 2.39. The van der Waals surface area contributed by atoms with Crippen molar-refractivity contribution in [2.24, 2.45) is 5.41 Å². The number of hydrogen-bond donors (Lipinski definition) is 0. The highest BCUT2D eigenvalue weighted by molar-refractivity contribution is 5.06. The molecule has 0 aliphatic carbocycles. The summed E-state index contributed by atoms with van der Waals surface area (Å²) >= 11 is 0. The highest BCUT2D eigenvalue weighted by Gasteiger charge is 2.40. The average Bonchev–Trinajstić information content (AvgIpc) is 2.97. The second-order valence-corrected chi connectivity index (χ2v) is 6.45. The molecule has 1 spiro atoms. The van der Waals surface area contributed by atoms with Crippen LogP contribution in [0, 0.1) is 12.3 Å². The third-order valence-electron chi connectivity index (χ3n) is 4.88. The van der Waals surface area contributed by atoms with Gasteiger partial charge in [0.1, 0.15) is 11.5 Å². The molecule has 1 atom stereocenters. The van der Waals surface area contributed by atoms with Gasteiger partial charge < -0.3 is 9.32 Å². The third kappa shape index (κ3) is 2.87. The van der Waals surface area contributed by atoms with Crippen molar-refractivity contribution in [2.45, 2.75) is 39.7 Å². The van der Waals surface area contributed by atoms with Crippen LogP contribution in [0.15, 0.2) is 16.5 Å². The Labute approximate surface area is 116 Å². The molecule has 1 unspecified atom stereocenters. The summed E-state index contributed by atoms with van der Waals surface area (Å²) in [5.74, 6) is 2.15. The third-order valence-corrected chi connectivity index (χ3v) is 4.88. The second-order valence-electron chi connectivity index (χ2n) is 6.45. The molecule has 0 bridgehead atoms. The first-order valence-electron chi connectivity index (χ1n) is 7.69. The molecule has 3 heterocycles. The normalized spacial score (nSPS) is 29.4. The molecular formula is C16H26N2O. The molecule has 3 nitrogen and oxygen atoms in total. The first-order chi connectivity index (χ1) is 9.19. The summed E-state index contributed by atoms with van der Waals surface area (Å²) in [5.41, 5.74) is 0.565. The van der Waals surface area contributed by atoms with E-state index in [0.717, 1.165) is 18.1 Å². The number of aryl methyl sites for hydroxylation is 1. The number of nitrogens with zero attached hydrogens (tertiary/aromatic N) is 2. The van der Waals surface area contributed by atoms with Gasteiger partial charge in [0.05, 0.1) is 6.54 Å². The van der Waals surface area contributed by atoms with E-state index in [9.17, 15) is 0 Å². The lowest BCUT2D eigenvalue weighted by molar-refractivity contribution is 0.0826. The van der Waals surface area contributed by atoms with Gasteiger partial charge in [0.25, 0.3) is 0 Å². The van der Waals surface area contributed by atoms with Crippen LogP contribution in [0.1, 0.15) is 37.7 Å². The molecule has 0 aromatic carbocycles. The summed E-state index contributed by atoms with van der Waals surface area (Å²) < 4.78 is 5.73. The smallest absolute Gasteiger partial charge is 0.118 e. The van der Waals surface area contributed by atoms with Gasteiger partial charge in [-0.2, -0.15) is 0 Å². The predicted octanol–water partition coefficient (Wildman–Crippen LogP) is 2.90. The molecule has 0 amide bonds. The quantitative estimate of drug-likeness (QED) is 0.835. The highest BCUT2D eigenvalue weighted by atomic mass is 16.3.